The molecule has 0 fully saturated rings. The number of benzene rings is 1. The van der Waals surface area contributed by atoms with Gasteiger partial charge in [0, 0.05) is 28.7 Å². The van der Waals surface area contributed by atoms with E-state index in [1.165, 1.54) is 0 Å². The number of hydrogen-bond donors (Lipinski definition) is 1. The van der Waals surface area contributed by atoms with Crippen molar-refractivity contribution in [3.8, 4) is 11.5 Å². The van der Waals surface area contributed by atoms with E-state index < -0.39 is 0 Å². The van der Waals surface area contributed by atoms with Crippen molar-refractivity contribution >= 4 is 11.6 Å². The second kappa shape index (κ2) is 6.49. The third kappa shape index (κ3) is 5.29. The average Bonchev–Trinajstić information content (AvgIpc) is 2.27. The van der Waals surface area contributed by atoms with Gasteiger partial charge >= 0.3 is 0 Å². The third-order valence-electron chi connectivity index (χ3n) is 2.48. The number of halogens is 1. The van der Waals surface area contributed by atoms with E-state index in [9.17, 15) is 0 Å². The Morgan fingerprint density at radius 1 is 1.26 bits per heavy atom. The maximum Gasteiger partial charge on any atom is 0.166 e. The molecule has 0 saturated carbocycles. The first-order valence-corrected chi connectivity index (χ1v) is 6.89. The third-order valence-corrected chi connectivity index (χ3v) is 2.70. The Balaban J connectivity index is 3.08. The van der Waals surface area contributed by atoms with Gasteiger partial charge in [-0.2, -0.15) is 0 Å². The first-order chi connectivity index (χ1) is 8.73. The molecule has 4 heteroatoms. The van der Waals surface area contributed by atoms with Crippen LogP contribution in [0.2, 0.25) is 5.02 Å². The van der Waals surface area contributed by atoms with Crippen LogP contribution in [0.3, 0.4) is 0 Å². The molecule has 0 radical (unpaired) electrons. The second-order valence-corrected chi connectivity index (χ2v) is 6.30. The molecule has 0 spiro atoms. The van der Waals surface area contributed by atoms with Crippen LogP contribution < -0.4 is 14.8 Å². The summed E-state index contributed by atoms with van der Waals surface area (Å²) in [5.74, 6) is 1.44. The lowest BCUT2D eigenvalue weighted by molar-refractivity contribution is 0.226. The number of methoxy groups -OCH3 is 1. The largest absolute Gasteiger partial charge is 0.493 e. The van der Waals surface area contributed by atoms with E-state index in [2.05, 4.69) is 26.1 Å². The van der Waals surface area contributed by atoms with Crippen molar-refractivity contribution in [3.05, 3.63) is 22.7 Å². The molecule has 0 amide bonds. The average molecular weight is 286 g/mol. The zero-order valence-electron chi connectivity index (χ0n) is 12.6. The Morgan fingerprint density at radius 3 is 2.37 bits per heavy atom. The molecule has 1 rings (SSSR count). The summed E-state index contributed by atoms with van der Waals surface area (Å²) in [6.07, 6.45) is 0.0865. The molecule has 108 valence electrons. The SMILES string of the molecule is COc1cc(Cl)cc(CNC(C)(C)C)c1OC(C)C. The van der Waals surface area contributed by atoms with Crippen LogP contribution >= 0.6 is 11.6 Å². The minimum Gasteiger partial charge on any atom is -0.493 e. The fourth-order valence-corrected chi connectivity index (χ4v) is 1.87. The molecule has 0 aromatic heterocycles. The molecule has 0 aliphatic carbocycles. The highest BCUT2D eigenvalue weighted by molar-refractivity contribution is 6.30. The highest BCUT2D eigenvalue weighted by Crippen LogP contribution is 2.35. The van der Waals surface area contributed by atoms with Crippen molar-refractivity contribution in [3.63, 3.8) is 0 Å². The van der Waals surface area contributed by atoms with Crippen molar-refractivity contribution < 1.29 is 9.47 Å². The summed E-state index contributed by atoms with van der Waals surface area (Å²) in [5.41, 5.74) is 1.04. The molecule has 0 aliphatic rings. The van der Waals surface area contributed by atoms with Crippen molar-refractivity contribution in [1.29, 1.82) is 0 Å². The molecule has 1 aromatic rings. The molecule has 0 bridgehead atoms. The van der Waals surface area contributed by atoms with Crippen molar-refractivity contribution in [2.45, 2.75) is 52.8 Å². The summed E-state index contributed by atoms with van der Waals surface area (Å²) < 4.78 is 11.2. The van der Waals surface area contributed by atoms with Crippen LogP contribution in [0.1, 0.15) is 40.2 Å². The van der Waals surface area contributed by atoms with Crippen LogP contribution in [0, 0.1) is 0 Å². The van der Waals surface area contributed by atoms with Gasteiger partial charge in [0.2, 0.25) is 0 Å². The zero-order chi connectivity index (χ0) is 14.6. The fraction of sp³-hybridized carbons (Fsp3) is 0.600. The molecule has 3 nitrogen and oxygen atoms in total. The molecule has 0 aliphatic heterocycles. The van der Waals surface area contributed by atoms with E-state index in [1.54, 1.807) is 13.2 Å². The van der Waals surface area contributed by atoms with E-state index >= 15 is 0 Å². The van der Waals surface area contributed by atoms with E-state index in [0.29, 0.717) is 17.3 Å². The lowest BCUT2D eigenvalue weighted by Crippen LogP contribution is -2.35. The molecule has 0 unspecified atom stereocenters. The van der Waals surface area contributed by atoms with Crippen molar-refractivity contribution in [2.75, 3.05) is 7.11 Å². The van der Waals surface area contributed by atoms with Gasteiger partial charge in [-0.05, 0) is 40.7 Å². The van der Waals surface area contributed by atoms with Gasteiger partial charge < -0.3 is 14.8 Å². The van der Waals surface area contributed by atoms with Crippen LogP contribution in [-0.4, -0.2) is 18.8 Å². The van der Waals surface area contributed by atoms with Gasteiger partial charge in [0.15, 0.2) is 11.5 Å². The maximum atomic E-state index is 6.12. The summed E-state index contributed by atoms with van der Waals surface area (Å²) in [6.45, 7) is 11.0. The van der Waals surface area contributed by atoms with Crippen LogP contribution in [0.5, 0.6) is 11.5 Å². The predicted molar refractivity (Wildman–Crippen MR) is 80.4 cm³/mol. The first kappa shape index (κ1) is 16.1. The van der Waals surface area contributed by atoms with E-state index in [1.807, 2.05) is 19.9 Å². The standard InChI is InChI=1S/C15H24ClNO2/c1-10(2)19-14-11(9-17-15(3,4)5)7-12(16)8-13(14)18-6/h7-8,10,17H,9H2,1-6H3. The molecule has 0 saturated heterocycles. The van der Waals surface area contributed by atoms with Gasteiger partial charge in [0.25, 0.3) is 0 Å². The van der Waals surface area contributed by atoms with Gasteiger partial charge in [0.05, 0.1) is 13.2 Å². The molecule has 0 heterocycles. The Labute approximate surface area is 121 Å². The summed E-state index contributed by atoms with van der Waals surface area (Å²) >= 11 is 6.12. The van der Waals surface area contributed by atoms with Crippen LogP contribution in [0.25, 0.3) is 0 Å². The van der Waals surface area contributed by atoms with Gasteiger partial charge in [-0.25, -0.2) is 0 Å². The van der Waals surface area contributed by atoms with Crippen LogP contribution in [-0.2, 0) is 6.54 Å². The van der Waals surface area contributed by atoms with E-state index in [0.717, 1.165) is 11.3 Å². The minimum absolute atomic E-state index is 0.0324. The van der Waals surface area contributed by atoms with E-state index in [4.69, 9.17) is 21.1 Å². The topological polar surface area (TPSA) is 30.5 Å². The minimum atomic E-state index is 0.0324. The van der Waals surface area contributed by atoms with Crippen molar-refractivity contribution in [2.24, 2.45) is 0 Å². The summed E-state index contributed by atoms with van der Waals surface area (Å²) in [5, 5.41) is 4.09. The molecule has 1 N–H and O–H groups in total. The monoisotopic (exact) mass is 285 g/mol. The normalized spacial score (nSPS) is 11.8. The molecule has 1 aromatic carbocycles. The molecular weight excluding hydrogens is 262 g/mol. The van der Waals surface area contributed by atoms with Crippen LogP contribution in [0.15, 0.2) is 12.1 Å². The number of hydrogen-bond acceptors (Lipinski definition) is 3. The van der Waals surface area contributed by atoms with Crippen LogP contribution in [0.4, 0.5) is 0 Å². The Kier molecular flexibility index (Phi) is 5.50. The summed E-state index contributed by atoms with van der Waals surface area (Å²) in [7, 11) is 1.62. The number of nitrogens with one attached hydrogen (secondary N) is 1. The number of ether oxygens (including phenoxy) is 2. The Bertz CT molecular complexity index is 425. The van der Waals surface area contributed by atoms with Gasteiger partial charge in [0.1, 0.15) is 0 Å². The van der Waals surface area contributed by atoms with Gasteiger partial charge in [-0.1, -0.05) is 11.6 Å². The summed E-state index contributed by atoms with van der Waals surface area (Å²) in [6, 6.07) is 3.69. The maximum absolute atomic E-state index is 6.12. The van der Waals surface area contributed by atoms with Gasteiger partial charge in [-0.3, -0.25) is 0 Å². The lowest BCUT2D eigenvalue weighted by atomic mass is 10.1. The molecular formula is C15H24ClNO2. The Hall–Kier alpha value is -0.930. The fourth-order valence-electron chi connectivity index (χ4n) is 1.64. The highest BCUT2D eigenvalue weighted by atomic mass is 35.5. The highest BCUT2D eigenvalue weighted by Gasteiger charge is 2.16. The second-order valence-electron chi connectivity index (χ2n) is 5.87. The summed E-state index contributed by atoms with van der Waals surface area (Å²) in [4.78, 5) is 0. The quantitative estimate of drug-likeness (QED) is 0.886. The predicted octanol–water partition coefficient (Wildman–Crippen LogP) is 4.02. The molecule has 19 heavy (non-hydrogen) atoms. The van der Waals surface area contributed by atoms with Gasteiger partial charge in [-0.15, -0.1) is 0 Å². The first-order valence-electron chi connectivity index (χ1n) is 6.51. The number of rotatable bonds is 5. The lowest BCUT2D eigenvalue weighted by Gasteiger charge is -2.23. The smallest absolute Gasteiger partial charge is 0.166 e. The molecule has 0 atom stereocenters. The zero-order valence-corrected chi connectivity index (χ0v) is 13.4. The Morgan fingerprint density at radius 2 is 1.89 bits per heavy atom. The van der Waals surface area contributed by atoms with Crippen molar-refractivity contribution in [1.82, 2.24) is 5.32 Å². The van der Waals surface area contributed by atoms with E-state index in [-0.39, 0.29) is 11.6 Å².